The lowest BCUT2D eigenvalue weighted by molar-refractivity contribution is 0.300. The van der Waals surface area contributed by atoms with Crippen LogP contribution in [0, 0.1) is 13.8 Å². The van der Waals surface area contributed by atoms with Crippen LogP contribution in [0.25, 0.3) is 22.4 Å². The number of rotatable bonds is 6. The Kier molecular flexibility index (Phi) is 5.39. The highest BCUT2D eigenvalue weighted by atomic mass is 16.5. The zero-order valence-corrected chi connectivity index (χ0v) is 17.6. The standard InChI is InChI=1S/C26H28N2O/c1-18(2)21-10-12-22(13-11-21)29-16-15-28-25-8-6-5-7-24(25)27-26(28)23-14-9-19(3)17-20(23)4/h5-14,17-18H,15-16H2,1-4H3. The molecular weight excluding hydrogens is 356 g/mol. The van der Waals surface area contributed by atoms with E-state index in [2.05, 4.69) is 92.9 Å². The Morgan fingerprint density at radius 2 is 1.69 bits per heavy atom. The van der Waals surface area contributed by atoms with Crippen LogP contribution in [0.5, 0.6) is 5.75 Å². The molecule has 0 N–H and O–H groups in total. The van der Waals surface area contributed by atoms with Crippen molar-refractivity contribution in [1.29, 1.82) is 0 Å². The summed E-state index contributed by atoms with van der Waals surface area (Å²) in [4.78, 5) is 4.94. The van der Waals surface area contributed by atoms with Crippen molar-refractivity contribution < 1.29 is 4.74 Å². The number of nitrogens with zero attached hydrogens (tertiary/aromatic N) is 2. The van der Waals surface area contributed by atoms with Gasteiger partial charge in [0.15, 0.2) is 0 Å². The molecule has 0 spiro atoms. The van der Waals surface area contributed by atoms with Gasteiger partial charge in [0.05, 0.1) is 17.6 Å². The normalized spacial score (nSPS) is 11.3. The van der Waals surface area contributed by atoms with E-state index in [4.69, 9.17) is 9.72 Å². The maximum atomic E-state index is 6.05. The third kappa shape index (κ3) is 4.04. The largest absolute Gasteiger partial charge is 0.492 e. The number of hydrogen-bond donors (Lipinski definition) is 0. The number of imidazole rings is 1. The Hall–Kier alpha value is -3.07. The van der Waals surface area contributed by atoms with Crippen LogP contribution in [0.1, 0.15) is 36.5 Å². The molecule has 3 heteroatoms. The number of fused-ring (bicyclic) bond motifs is 1. The third-order valence-corrected chi connectivity index (χ3v) is 5.41. The second-order valence-electron chi connectivity index (χ2n) is 7.97. The number of aryl methyl sites for hydroxylation is 2. The minimum absolute atomic E-state index is 0.529. The SMILES string of the molecule is Cc1ccc(-c2nc3ccccc3n2CCOc2ccc(C(C)C)cc2)c(C)c1. The molecule has 0 aliphatic carbocycles. The molecule has 0 unspecified atom stereocenters. The van der Waals surface area contributed by atoms with E-state index < -0.39 is 0 Å². The fourth-order valence-electron chi connectivity index (χ4n) is 3.78. The van der Waals surface area contributed by atoms with Crippen molar-refractivity contribution in [1.82, 2.24) is 9.55 Å². The molecule has 4 rings (SSSR count). The summed E-state index contributed by atoms with van der Waals surface area (Å²) in [5, 5.41) is 0. The first-order valence-corrected chi connectivity index (χ1v) is 10.3. The average molecular weight is 385 g/mol. The maximum Gasteiger partial charge on any atom is 0.141 e. The van der Waals surface area contributed by atoms with Crippen LogP contribution in [-0.2, 0) is 6.54 Å². The second kappa shape index (κ2) is 8.12. The first-order chi connectivity index (χ1) is 14.0. The van der Waals surface area contributed by atoms with Gasteiger partial charge >= 0.3 is 0 Å². The number of benzene rings is 3. The molecule has 3 nitrogen and oxygen atoms in total. The van der Waals surface area contributed by atoms with E-state index in [0.717, 1.165) is 29.2 Å². The first-order valence-electron chi connectivity index (χ1n) is 10.3. The molecule has 0 saturated carbocycles. The molecule has 0 bridgehead atoms. The lowest BCUT2D eigenvalue weighted by atomic mass is 10.0. The molecule has 0 aliphatic rings. The maximum absolute atomic E-state index is 6.05. The molecule has 0 fully saturated rings. The van der Waals surface area contributed by atoms with E-state index in [1.54, 1.807) is 0 Å². The van der Waals surface area contributed by atoms with Gasteiger partial charge in [-0.3, -0.25) is 0 Å². The molecule has 1 heterocycles. The van der Waals surface area contributed by atoms with Crippen LogP contribution in [0.2, 0.25) is 0 Å². The topological polar surface area (TPSA) is 27.1 Å². The third-order valence-electron chi connectivity index (χ3n) is 5.41. The Balaban J connectivity index is 1.60. The van der Waals surface area contributed by atoms with Gasteiger partial charge in [0, 0.05) is 5.56 Å². The van der Waals surface area contributed by atoms with E-state index in [1.165, 1.54) is 22.3 Å². The fraction of sp³-hybridized carbons (Fsp3) is 0.269. The predicted molar refractivity (Wildman–Crippen MR) is 121 cm³/mol. The van der Waals surface area contributed by atoms with Gasteiger partial charge in [-0.15, -0.1) is 0 Å². The quantitative estimate of drug-likeness (QED) is 0.378. The van der Waals surface area contributed by atoms with E-state index >= 15 is 0 Å². The van der Waals surface area contributed by atoms with Gasteiger partial charge in [-0.1, -0.05) is 61.9 Å². The van der Waals surface area contributed by atoms with Crippen LogP contribution >= 0.6 is 0 Å². The summed E-state index contributed by atoms with van der Waals surface area (Å²) in [5.41, 5.74) is 7.17. The minimum atomic E-state index is 0.529. The molecule has 0 radical (unpaired) electrons. The number of para-hydroxylation sites is 2. The summed E-state index contributed by atoms with van der Waals surface area (Å²) in [6.07, 6.45) is 0. The van der Waals surface area contributed by atoms with E-state index in [9.17, 15) is 0 Å². The van der Waals surface area contributed by atoms with E-state index in [1.807, 2.05) is 6.07 Å². The summed E-state index contributed by atoms with van der Waals surface area (Å²) in [6.45, 7) is 10.0. The highest BCUT2D eigenvalue weighted by Crippen LogP contribution is 2.28. The summed E-state index contributed by atoms with van der Waals surface area (Å²) < 4.78 is 8.33. The molecule has 4 aromatic rings. The van der Waals surface area contributed by atoms with Crippen molar-refractivity contribution in [3.8, 4) is 17.1 Å². The monoisotopic (exact) mass is 384 g/mol. The van der Waals surface area contributed by atoms with Gasteiger partial charge in [0.2, 0.25) is 0 Å². The van der Waals surface area contributed by atoms with Gasteiger partial charge < -0.3 is 9.30 Å². The summed E-state index contributed by atoms with van der Waals surface area (Å²) >= 11 is 0. The Bertz CT molecular complexity index is 1120. The number of ether oxygens (including phenoxy) is 1. The van der Waals surface area contributed by atoms with Crippen LogP contribution in [0.15, 0.2) is 66.7 Å². The van der Waals surface area contributed by atoms with Gasteiger partial charge in [-0.2, -0.15) is 0 Å². The van der Waals surface area contributed by atoms with Crippen molar-refractivity contribution in [2.24, 2.45) is 0 Å². The average Bonchev–Trinajstić information content (AvgIpc) is 3.07. The summed E-state index contributed by atoms with van der Waals surface area (Å²) in [7, 11) is 0. The van der Waals surface area contributed by atoms with Gasteiger partial charge in [-0.25, -0.2) is 4.98 Å². The molecule has 148 valence electrons. The summed E-state index contributed by atoms with van der Waals surface area (Å²) in [5.74, 6) is 2.44. The highest BCUT2D eigenvalue weighted by Gasteiger charge is 2.14. The lowest BCUT2D eigenvalue weighted by Crippen LogP contribution is -2.10. The van der Waals surface area contributed by atoms with Crippen LogP contribution < -0.4 is 4.74 Å². The van der Waals surface area contributed by atoms with Crippen LogP contribution in [0.3, 0.4) is 0 Å². The highest BCUT2D eigenvalue weighted by molar-refractivity contribution is 5.81. The Labute approximate surface area is 173 Å². The van der Waals surface area contributed by atoms with E-state index in [0.29, 0.717) is 12.5 Å². The molecular formula is C26H28N2O. The van der Waals surface area contributed by atoms with Crippen molar-refractivity contribution in [3.63, 3.8) is 0 Å². The number of hydrogen-bond acceptors (Lipinski definition) is 2. The van der Waals surface area contributed by atoms with Gasteiger partial charge in [-0.05, 0) is 55.2 Å². The van der Waals surface area contributed by atoms with Crippen LogP contribution in [0.4, 0.5) is 0 Å². The zero-order chi connectivity index (χ0) is 20.4. The molecule has 1 aromatic heterocycles. The molecule has 29 heavy (non-hydrogen) atoms. The fourth-order valence-corrected chi connectivity index (χ4v) is 3.78. The molecule has 0 saturated heterocycles. The first kappa shape index (κ1) is 19.3. The Morgan fingerprint density at radius 1 is 0.931 bits per heavy atom. The zero-order valence-electron chi connectivity index (χ0n) is 17.6. The summed E-state index contributed by atoms with van der Waals surface area (Å²) in [6, 6.07) is 23.3. The van der Waals surface area contributed by atoms with Crippen molar-refractivity contribution in [2.75, 3.05) is 6.61 Å². The second-order valence-corrected chi connectivity index (χ2v) is 7.97. The molecule has 3 aromatic carbocycles. The minimum Gasteiger partial charge on any atom is -0.492 e. The van der Waals surface area contributed by atoms with Crippen molar-refractivity contribution >= 4 is 11.0 Å². The molecule has 0 atom stereocenters. The van der Waals surface area contributed by atoms with E-state index in [-0.39, 0.29) is 0 Å². The van der Waals surface area contributed by atoms with Gasteiger partial charge in [0.1, 0.15) is 18.2 Å². The van der Waals surface area contributed by atoms with Crippen molar-refractivity contribution in [3.05, 3.63) is 83.4 Å². The Morgan fingerprint density at radius 3 is 2.41 bits per heavy atom. The molecule has 0 amide bonds. The smallest absolute Gasteiger partial charge is 0.141 e. The lowest BCUT2D eigenvalue weighted by Gasteiger charge is -2.13. The van der Waals surface area contributed by atoms with Crippen molar-refractivity contribution in [2.45, 2.75) is 40.2 Å². The van der Waals surface area contributed by atoms with Gasteiger partial charge in [0.25, 0.3) is 0 Å². The molecule has 0 aliphatic heterocycles. The number of aromatic nitrogens is 2. The van der Waals surface area contributed by atoms with Crippen LogP contribution in [-0.4, -0.2) is 16.2 Å². The predicted octanol–water partition coefficient (Wildman–Crippen LogP) is 6.52.